The highest BCUT2D eigenvalue weighted by molar-refractivity contribution is 9.10. The summed E-state index contributed by atoms with van der Waals surface area (Å²) < 4.78 is 39.9. The summed E-state index contributed by atoms with van der Waals surface area (Å²) in [5, 5.41) is 0.730. The molecule has 1 aliphatic carbocycles. The molecule has 0 heterocycles. The Hall–Kier alpha value is -4.00. The number of methoxy groups -OCH3 is 4. The van der Waals surface area contributed by atoms with Crippen LogP contribution < -0.4 is 14.7 Å². The molecule has 5 rings (SSSR count). The Morgan fingerprint density at radius 3 is 1.51 bits per heavy atom. The monoisotopic (exact) mass is 692 g/mol. The zero-order valence-electron chi connectivity index (χ0n) is 26.0. The minimum absolute atomic E-state index is 0.245. The molecule has 0 aliphatic heterocycles. The first-order valence-corrected chi connectivity index (χ1v) is 16.4. The van der Waals surface area contributed by atoms with E-state index in [1.165, 1.54) is 28.4 Å². The molecule has 0 saturated heterocycles. The number of benzene rings is 4. The number of carbonyl (C=O) groups is 2. The summed E-state index contributed by atoms with van der Waals surface area (Å²) in [5.41, 5.74) is 4.53. The summed E-state index contributed by atoms with van der Waals surface area (Å²) in [6, 6.07) is 22.9. The first kappa shape index (κ1) is 32.4. The molecule has 0 bridgehead atoms. The summed E-state index contributed by atoms with van der Waals surface area (Å²) in [7, 11) is 7.01. The molecule has 0 fully saturated rings. The van der Waals surface area contributed by atoms with Gasteiger partial charge in [0.2, 0.25) is 0 Å². The molecule has 0 amide bonds. The molecule has 4 aromatic carbocycles. The lowest BCUT2D eigenvalue weighted by atomic mass is 9.67. The molecule has 0 atom stereocenters. The van der Waals surface area contributed by atoms with Gasteiger partial charge in [-0.3, -0.25) is 0 Å². The quantitative estimate of drug-likeness (QED) is 0.139. The number of ether oxygens (including phenoxy) is 4. The van der Waals surface area contributed by atoms with Gasteiger partial charge < -0.3 is 32.2 Å². The molecule has 0 aromatic heterocycles. The third-order valence-corrected chi connectivity index (χ3v) is 11.5. The van der Waals surface area contributed by atoms with Crippen LogP contribution >= 0.6 is 15.9 Å². The number of fused-ring (bicyclic) bond motifs is 3. The van der Waals surface area contributed by atoms with Crippen LogP contribution in [0.5, 0.6) is 11.5 Å². The number of hydrogen-bond donors (Lipinski definition) is 0. The van der Waals surface area contributed by atoms with Crippen molar-refractivity contribution in [3.8, 4) is 22.6 Å². The van der Waals surface area contributed by atoms with Crippen molar-refractivity contribution < 1.29 is 41.8 Å². The highest BCUT2D eigenvalue weighted by Gasteiger charge is 2.49. The van der Waals surface area contributed by atoms with Crippen LogP contribution in [-0.4, -0.2) is 70.5 Å². The minimum atomic E-state index is -3.31. The van der Waals surface area contributed by atoms with Crippen LogP contribution in [0, 0.1) is 0 Å². The molecule has 0 N–H and O–H groups in total. The van der Waals surface area contributed by atoms with Gasteiger partial charge in [-0.25, -0.2) is 9.59 Å². The highest BCUT2D eigenvalue weighted by Crippen LogP contribution is 2.57. The van der Waals surface area contributed by atoms with Gasteiger partial charge in [0.15, 0.2) is 0 Å². The number of esters is 2. The van der Waals surface area contributed by atoms with Gasteiger partial charge in [-0.2, -0.15) is 0 Å². The molecular weight excluding hydrogens is 660 g/mol. The third-order valence-electron chi connectivity index (χ3n) is 8.33. The molecule has 1 aliphatic rings. The van der Waals surface area contributed by atoms with Gasteiger partial charge >= 0.3 is 20.7 Å². The van der Waals surface area contributed by atoms with Gasteiger partial charge in [-0.1, -0.05) is 52.3 Å². The predicted octanol–water partition coefficient (Wildman–Crippen LogP) is 5.49. The molecule has 0 saturated carbocycles. The molecule has 4 aromatic rings. The van der Waals surface area contributed by atoms with Gasteiger partial charge in [0.1, 0.15) is 22.6 Å². The van der Waals surface area contributed by atoms with Crippen LogP contribution in [-0.2, 0) is 28.2 Å². The van der Waals surface area contributed by atoms with Crippen LogP contribution in [0.25, 0.3) is 11.1 Å². The standard InChI is InChI=1S/C34H33BrO9Si/c1-38-30-14-8-20(16-26(30)32(36)40-3)34(21-9-15-31(39-2)27(17-21)33(37)41-4)28-18-22(35)10-12-24(28)25-13-11-23(19-29(25)34)45(42-5,43-6)44-7/h8-19H,1-7H3. The Bertz CT molecular complexity index is 1710. The largest absolute Gasteiger partial charge is 0.536 e. The van der Waals surface area contributed by atoms with Crippen molar-refractivity contribution >= 4 is 41.9 Å². The van der Waals surface area contributed by atoms with E-state index in [0.29, 0.717) is 11.5 Å². The highest BCUT2D eigenvalue weighted by atomic mass is 79.9. The second-order valence-corrected chi connectivity index (χ2v) is 14.0. The summed E-state index contributed by atoms with van der Waals surface area (Å²) >= 11 is 3.69. The van der Waals surface area contributed by atoms with Gasteiger partial charge in [0, 0.05) is 31.0 Å². The second-order valence-electron chi connectivity index (χ2n) is 10.2. The molecule has 234 valence electrons. The van der Waals surface area contributed by atoms with Gasteiger partial charge in [0.25, 0.3) is 0 Å². The average Bonchev–Trinajstić information content (AvgIpc) is 3.37. The Morgan fingerprint density at radius 1 is 0.600 bits per heavy atom. The molecule has 0 radical (unpaired) electrons. The Balaban J connectivity index is 2.00. The zero-order valence-corrected chi connectivity index (χ0v) is 28.6. The van der Waals surface area contributed by atoms with Crippen LogP contribution in [0.2, 0.25) is 0 Å². The van der Waals surface area contributed by atoms with E-state index in [2.05, 4.69) is 15.9 Å². The predicted molar refractivity (Wildman–Crippen MR) is 174 cm³/mol. The van der Waals surface area contributed by atoms with E-state index in [0.717, 1.165) is 43.0 Å². The van der Waals surface area contributed by atoms with Crippen molar-refractivity contribution in [3.05, 3.63) is 111 Å². The maximum Gasteiger partial charge on any atom is 0.536 e. The molecular formula is C34H33BrO9Si. The molecule has 0 unspecified atom stereocenters. The van der Waals surface area contributed by atoms with E-state index in [9.17, 15) is 9.59 Å². The SMILES string of the molecule is COC(=O)c1cc(C2(c3ccc(OC)c(C(=O)OC)c3)c3cc(Br)ccc3-c3ccc([Si](OC)(OC)OC)cc32)ccc1OC. The Morgan fingerprint density at radius 2 is 1.07 bits per heavy atom. The fraction of sp³-hybridized carbons (Fsp3) is 0.235. The van der Waals surface area contributed by atoms with Gasteiger partial charge in [0.05, 0.1) is 33.9 Å². The smallest absolute Gasteiger partial charge is 0.496 e. The van der Waals surface area contributed by atoms with Gasteiger partial charge in [-0.05, 0) is 69.8 Å². The topological polar surface area (TPSA) is 98.8 Å². The van der Waals surface area contributed by atoms with Crippen molar-refractivity contribution in [2.45, 2.75) is 5.41 Å². The molecule has 11 heteroatoms. The van der Waals surface area contributed by atoms with E-state index >= 15 is 0 Å². The maximum absolute atomic E-state index is 13.1. The fourth-order valence-electron chi connectivity index (χ4n) is 6.30. The molecule has 45 heavy (non-hydrogen) atoms. The summed E-state index contributed by atoms with van der Waals surface area (Å²) in [4.78, 5) is 26.2. The number of halogens is 1. The lowest BCUT2D eigenvalue weighted by molar-refractivity contribution is 0.0588. The summed E-state index contributed by atoms with van der Waals surface area (Å²) in [6.07, 6.45) is 0. The van der Waals surface area contributed by atoms with Crippen molar-refractivity contribution in [2.24, 2.45) is 0 Å². The summed E-state index contributed by atoms with van der Waals surface area (Å²) in [6.45, 7) is 0. The molecule has 9 nitrogen and oxygen atoms in total. The van der Waals surface area contributed by atoms with E-state index in [1.807, 2.05) is 48.5 Å². The van der Waals surface area contributed by atoms with Crippen molar-refractivity contribution in [2.75, 3.05) is 49.8 Å². The van der Waals surface area contributed by atoms with Crippen molar-refractivity contribution in [3.63, 3.8) is 0 Å². The van der Waals surface area contributed by atoms with Crippen LogP contribution in [0.3, 0.4) is 0 Å². The van der Waals surface area contributed by atoms with E-state index in [-0.39, 0.29) is 11.1 Å². The van der Waals surface area contributed by atoms with Crippen LogP contribution in [0.1, 0.15) is 43.0 Å². The number of hydrogen-bond acceptors (Lipinski definition) is 9. The zero-order chi connectivity index (χ0) is 32.5. The van der Waals surface area contributed by atoms with Gasteiger partial charge in [-0.15, -0.1) is 0 Å². The fourth-order valence-corrected chi connectivity index (χ4v) is 8.48. The second kappa shape index (κ2) is 12.8. The minimum Gasteiger partial charge on any atom is -0.496 e. The number of rotatable bonds is 10. The third kappa shape index (κ3) is 5.04. The summed E-state index contributed by atoms with van der Waals surface area (Å²) in [5.74, 6) is -0.395. The normalized spacial score (nSPS) is 13.1. The van der Waals surface area contributed by atoms with Crippen molar-refractivity contribution in [1.82, 2.24) is 0 Å². The lowest BCUT2D eigenvalue weighted by Crippen LogP contribution is -2.55. The van der Waals surface area contributed by atoms with E-state index < -0.39 is 26.2 Å². The Kier molecular flexibility index (Phi) is 9.20. The van der Waals surface area contributed by atoms with E-state index in [1.54, 1.807) is 45.6 Å². The van der Waals surface area contributed by atoms with E-state index in [4.69, 9.17) is 32.2 Å². The van der Waals surface area contributed by atoms with Crippen molar-refractivity contribution in [1.29, 1.82) is 0 Å². The first-order chi connectivity index (χ1) is 21.7. The van der Waals surface area contributed by atoms with Crippen LogP contribution in [0.4, 0.5) is 0 Å². The molecule has 0 spiro atoms. The van der Waals surface area contributed by atoms with Crippen LogP contribution in [0.15, 0.2) is 77.3 Å². The number of carbonyl (C=O) groups excluding carboxylic acids is 2. The maximum atomic E-state index is 13.1. The first-order valence-electron chi connectivity index (χ1n) is 13.8. The average molecular weight is 694 g/mol. The lowest BCUT2D eigenvalue weighted by Gasteiger charge is -2.35. The Labute approximate surface area is 271 Å².